The molecule has 2 heterocycles. The highest BCUT2D eigenvalue weighted by Crippen LogP contribution is 2.32. The van der Waals surface area contributed by atoms with Gasteiger partial charge in [-0.1, -0.05) is 39.8 Å². The summed E-state index contributed by atoms with van der Waals surface area (Å²) in [7, 11) is 0. The van der Waals surface area contributed by atoms with Crippen LogP contribution in [-0.2, 0) is 6.67 Å². The number of aromatic nitrogens is 3. The quantitative estimate of drug-likeness (QED) is 0.650. The van der Waals surface area contributed by atoms with Gasteiger partial charge in [-0.15, -0.1) is 10.2 Å². The Hall–Kier alpha value is -1.86. The molecule has 0 aliphatic carbocycles. The first-order valence-electron chi connectivity index (χ1n) is 7.03. The molecule has 0 atom stereocenters. The molecule has 0 amide bonds. The van der Waals surface area contributed by atoms with Gasteiger partial charge in [0.15, 0.2) is 11.0 Å². The van der Waals surface area contributed by atoms with Crippen LogP contribution in [0.3, 0.4) is 0 Å². The van der Waals surface area contributed by atoms with Crippen LogP contribution in [0, 0.1) is 5.82 Å². The van der Waals surface area contributed by atoms with Crippen LogP contribution in [0.1, 0.15) is 0 Å². The Labute approximate surface area is 145 Å². The van der Waals surface area contributed by atoms with Crippen LogP contribution >= 0.6 is 27.7 Å². The SMILES string of the molecule is Fc1ccc(N2CSc3nnc(-c4cccc(Br)c4)n3C2)cc1. The van der Waals surface area contributed by atoms with Crippen molar-refractivity contribution in [3.05, 3.63) is 58.8 Å². The number of hydrogen-bond acceptors (Lipinski definition) is 4. The van der Waals surface area contributed by atoms with Crippen LogP contribution in [-0.4, -0.2) is 20.6 Å². The normalized spacial score (nSPS) is 13.9. The van der Waals surface area contributed by atoms with Crippen LogP contribution in [0.15, 0.2) is 58.2 Å². The van der Waals surface area contributed by atoms with Crippen molar-refractivity contribution in [2.75, 3.05) is 10.8 Å². The molecular weight excluding hydrogens is 379 g/mol. The lowest BCUT2D eigenvalue weighted by atomic mass is 10.2. The van der Waals surface area contributed by atoms with Crippen LogP contribution in [0.25, 0.3) is 11.4 Å². The van der Waals surface area contributed by atoms with Gasteiger partial charge in [0.05, 0.1) is 12.5 Å². The van der Waals surface area contributed by atoms with Crippen molar-refractivity contribution in [3.8, 4) is 11.4 Å². The van der Waals surface area contributed by atoms with E-state index < -0.39 is 0 Å². The van der Waals surface area contributed by atoms with Crippen molar-refractivity contribution >= 4 is 33.4 Å². The first-order chi connectivity index (χ1) is 11.2. The van der Waals surface area contributed by atoms with Crippen molar-refractivity contribution in [1.29, 1.82) is 0 Å². The van der Waals surface area contributed by atoms with Crippen molar-refractivity contribution in [2.45, 2.75) is 11.8 Å². The van der Waals surface area contributed by atoms with Gasteiger partial charge in [-0.05, 0) is 36.4 Å². The standard InChI is InChI=1S/C16H12BrFN4S/c17-12-3-1-2-11(8-12)15-19-20-16-22(15)9-21(10-23-16)14-6-4-13(18)5-7-14/h1-8H,9-10H2. The van der Waals surface area contributed by atoms with Gasteiger partial charge in [0.1, 0.15) is 5.82 Å². The van der Waals surface area contributed by atoms with E-state index in [1.165, 1.54) is 12.1 Å². The molecule has 1 aliphatic heterocycles. The van der Waals surface area contributed by atoms with Crippen LogP contribution in [0.5, 0.6) is 0 Å². The third-order valence-corrected chi connectivity index (χ3v) is 5.15. The molecule has 0 unspecified atom stereocenters. The predicted octanol–water partition coefficient (Wildman–Crippen LogP) is 4.37. The lowest BCUT2D eigenvalue weighted by Gasteiger charge is -2.29. The highest BCUT2D eigenvalue weighted by atomic mass is 79.9. The Morgan fingerprint density at radius 1 is 1.09 bits per heavy atom. The molecule has 4 nitrogen and oxygen atoms in total. The minimum atomic E-state index is -0.224. The van der Waals surface area contributed by atoms with Crippen molar-refractivity contribution < 1.29 is 4.39 Å². The molecular formula is C16H12BrFN4S. The topological polar surface area (TPSA) is 34.0 Å². The fraction of sp³-hybridized carbons (Fsp3) is 0.125. The summed E-state index contributed by atoms with van der Waals surface area (Å²) in [5.41, 5.74) is 2.00. The lowest BCUT2D eigenvalue weighted by molar-refractivity contribution is 0.605. The van der Waals surface area contributed by atoms with E-state index in [-0.39, 0.29) is 5.82 Å². The molecule has 0 bridgehead atoms. The van der Waals surface area contributed by atoms with Gasteiger partial charge in [-0.3, -0.25) is 4.57 Å². The number of hydrogen-bond donors (Lipinski definition) is 0. The third-order valence-electron chi connectivity index (χ3n) is 3.65. The van der Waals surface area contributed by atoms with Gasteiger partial charge in [-0.2, -0.15) is 0 Å². The summed E-state index contributed by atoms with van der Waals surface area (Å²) in [6, 6.07) is 14.6. The summed E-state index contributed by atoms with van der Waals surface area (Å²) in [6.07, 6.45) is 0. The van der Waals surface area contributed by atoms with Gasteiger partial charge < -0.3 is 4.90 Å². The second-order valence-corrected chi connectivity index (χ2v) is 7.00. The van der Waals surface area contributed by atoms with E-state index in [0.717, 1.165) is 32.6 Å². The Balaban J connectivity index is 1.69. The summed E-state index contributed by atoms with van der Waals surface area (Å²) in [4.78, 5) is 2.17. The van der Waals surface area contributed by atoms with Crippen LogP contribution < -0.4 is 4.90 Å². The maximum absolute atomic E-state index is 13.1. The minimum Gasteiger partial charge on any atom is -0.344 e. The van der Waals surface area contributed by atoms with Gasteiger partial charge in [0.25, 0.3) is 0 Å². The average molecular weight is 391 g/mol. The molecule has 0 N–H and O–H groups in total. The molecule has 116 valence electrons. The monoisotopic (exact) mass is 390 g/mol. The summed E-state index contributed by atoms with van der Waals surface area (Å²) < 4.78 is 16.2. The number of thioether (sulfide) groups is 1. The first-order valence-corrected chi connectivity index (χ1v) is 8.81. The van der Waals surface area contributed by atoms with Gasteiger partial charge >= 0.3 is 0 Å². The number of fused-ring (bicyclic) bond motifs is 1. The van der Waals surface area contributed by atoms with E-state index in [0.29, 0.717) is 6.67 Å². The Kier molecular flexibility index (Phi) is 3.82. The minimum absolute atomic E-state index is 0.224. The van der Waals surface area contributed by atoms with E-state index in [1.54, 1.807) is 23.9 Å². The molecule has 3 aromatic rings. The highest BCUT2D eigenvalue weighted by Gasteiger charge is 2.22. The van der Waals surface area contributed by atoms with Crippen LogP contribution in [0.4, 0.5) is 10.1 Å². The molecule has 2 aromatic carbocycles. The van der Waals surface area contributed by atoms with E-state index >= 15 is 0 Å². The van der Waals surface area contributed by atoms with E-state index in [9.17, 15) is 4.39 Å². The Morgan fingerprint density at radius 2 is 1.91 bits per heavy atom. The second-order valence-electron chi connectivity index (χ2n) is 5.18. The van der Waals surface area contributed by atoms with E-state index in [2.05, 4.69) is 35.6 Å². The molecule has 23 heavy (non-hydrogen) atoms. The summed E-state index contributed by atoms with van der Waals surface area (Å²) in [6.45, 7) is 0.642. The number of benzene rings is 2. The Morgan fingerprint density at radius 3 is 2.70 bits per heavy atom. The molecule has 0 fully saturated rings. The van der Waals surface area contributed by atoms with Crippen LogP contribution in [0.2, 0.25) is 0 Å². The lowest BCUT2D eigenvalue weighted by Crippen LogP contribution is -2.30. The molecule has 4 rings (SSSR count). The predicted molar refractivity (Wildman–Crippen MR) is 92.8 cm³/mol. The summed E-state index contributed by atoms with van der Waals surface area (Å²) in [5, 5.41) is 9.52. The molecule has 7 heteroatoms. The fourth-order valence-corrected chi connectivity index (χ4v) is 3.82. The zero-order valence-corrected chi connectivity index (χ0v) is 14.4. The number of rotatable bonds is 2. The van der Waals surface area contributed by atoms with Gasteiger partial charge in [0.2, 0.25) is 0 Å². The van der Waals surface area contributed by atoms with Gasteiger partial charge in [-0.25, -0.2) is 4.39 Å². The van der Waals surface area contributed by atoms with Crippen molar-refractivity contribution in [3.63, 3.8) is 0 Å². The third kappa shape index (κ3) is 2.86. The average Bonchev–Trinajstić information content (AvgIpc) is 2.98. The molecule has 0 radical (unpaired) electrons. The van der Waals surface area contributed by atoms with Gasteiger partial charge in [0, 0.05) is 15.7 Å². The number of halogens is 2. The van der Waals surface area contributed by atoms with Crippen molar-refractivity contribution in [1.82, 2.24) is 14.8 Å². The molecule has 1 aromatic heterocycles. The summed E-state index contributed by atoms with van der Waals surface area (Å²) in [5.74, 6) is 1.38. The Bertz CT molecular complexity index is 850. The largest absolute Gasteiger partial charge is 0.344 e. The maximum atomic E-state index is 13.1. The molecule has 0 saturated heterocycles. The zero-order valence-electron chi connectivity index (χ0n) is 12.0. The zero-order chi connectivity index (χ0) is 15.8. The number of nitrogens with zero attached hydrogens (tertiary/aromatic N) is 4. The maximum Gasteiger partial charge on any atom is 0.194 e. The number of anilines is 1. The first kappa shape index (κ1) is 14.7. The molecule has 1 aliphatic rings. The van der Waals surface area contributed by atoms with E-state index in [1.807, 2.05) is 24.3 Å². The van der Waals surface area contributed by atoms with Crippen molar-refractivity contribution in [2.24, 2.45) is 0 Å². The second kappa shape index (κ2) is 5.98. The molecule has 0 saturated carbocycles. The fourth-order valence-electron chi connectivity index (χ4n) is 2.52. The smallest absolute Gasteiger partial charge is 0.194 e. The summed E-state index contributed by atoms with van der Waals surface area (Å²) >= 11 is 5.12. The van der Waals surface area contributed by atoms with E-state index in [4.69, 9.17) is 0 Å². The molecule has 0 spiro atoms. The highest BCUT2D eigenvalue weighted by molar-refractivity contribution is 9.10.